The molecule has 0 radical (unpaired) electrons. The fourth-order valence-corrected chi connectivity index (χ4v) is 1.02. The van der Waals surface area contributed by atoms with E-state index in [0.717, 1.165) is 5.56 Å². The summed E-state index contributed by atoms with van der Waals surface area (Å²) in [7, 11) is 1.76. The molecule has 2 N–H and O–H groups in total. The molecule has 0 spiro atoms. The highest BCUT2D eigenvalue weighted by molar-refractivity contribution is 5.54. The monoisotopic (exact) mass is 175 g/mol. The molecule has 2 rings (SSSR count). The summed E-state index contributed by atoms with van der Waals surface area (Å²) in [6, 6.07) is 3.68. The van der Waals surface area contributed by atoms with Crippen LogP contribution in [-0.4, -0.2) is 19.7 Å². The average Bonchev–Trinajstić information content (AvgIpc) is 2.49. The van der Waals surface area contributed by atoms with Gasteiger partial charge in [0.15, 0.2) is 5.82 Å². The van der Waals surface area contributed by atoms with Crippen LogP contribution in [0.2, 0.25) is 0 Å². The van der Waals surface area contributed by atoms with Crippen LogP contribution < -0.4 is 5.73 Å². The maximum atomic E-state index is 5.55. The fraction of sp³-hybridized carbons (Fsp3) is 0.125. The summed E-state index contributed by atoms with van der Waals surface area (Å²) in [4.78, 5) is 7.99. The van der Waals surface area contributed by atoms with E-state index in [9.17, 15) is 0 Å². The number of anilines is 1. The van der Waals surface area contributed by atoms with Crippen LogP contribution in [0, 0.1) is 0 Å². The van der Waals surface area contributed by atoms with Gasteiger partial charge in [0, 0.05) is 25.0 Å². The van der Waals surface area contributed by atoms with E-state index in [4.69, 9.17) is 5.73 Å². The minimum absolute atomic E-state index is 0.409. The highest BCUT2D eigenvalue weighted by atomic mass is 15.4. The molecular formula is C8H9N5. The Kier molecular flexibility index (Phi) is 1.70. The molecule has 0 fully saturated rings. The molecule has 0 unspecified atom stereocenters. The zero-order valence-electron chi connectivity index (χ0n) is 7.18. The molecule has 2 aromatic heterocycles. The largest absolute Gasteiger partial charge is 0.368 e. The molecule has 0 aliphatic rings. The lowest BCUT2D eigenvalue weighted by molar-refractivity contribution is 0.781. The Hall–Kier alpha value is -1.91. The van der Waals surface area contributed by atoms with Gasteiger partial charge in [0.25, 0.3) is 0 Å². The van der Waals surface area contributed by atoms with Gasteiger partial charge in [-0.25, -0.2) is 4.68 Å². The number of aryl methyl sites for hydroxylation is 1. The second-order valence-electron chi connectivity index (χ2n) is 2.65. The Morgan fingerprint density at radius 3 is 2.54 bits per heavy atom. The average molecular weight is 175 g/mol. The van der Waals surface area contributed by atoms with Crippen LogP contribution >= 0.6 is 0 Å². The topological polar surface area (TPSA) is 69.6 Å². The van der Waals surface area contributed by atoms with Crippen LogP contribution in [0.5, 0.6) is 0 Å². The zero-order chi connectivity index (χ0) is 9.26. The van der Waals surface area contributed by atoms with Gasteiger partial charge >= 0.3 is 0 Å². The third-order valence-corrected chi connectivity index (χ3v) is 1.74. The Morgan fingerprint density at radius 1 is 1.31 bits per heavy atom. The lowest BCUT2D eigenvalue weighted by Crippen LogP contribution is -1.97. The summed E-state index contributed by atoms with van der Waals surface area (Å²) in [5, 5.41) is 4.13. The lowest BCUT2D eigenvalue weighted by Gasteiger charge is -1.90. The Bertz CT molecular complexity index is 386. The predicted molar refractivity (Wildman–Crippen MR) is 48.6 cm³/mol. The first-order valence-electron chi connectivity index (χ1n) is 3.84. The first-order valence-corrected chi connectivity index (χ1v) is 3.84. The maximum absolute atomic E-state index is 5.55. The number of nitrogen functional groups attached to an aromatic ring is 1. The first kappa shape index (κ1) is 7.72. The molecule has 0 aliphatic heterocycles. The van der Waals surface area contributed by atoms with Gasteiger partial charge in [-0.3, -0.25) is 4.98 Å². The van der Waals surface area contributed by atoms with Gasteiger partial charge in [-0.05, 0) is 12.1 Å². The highest BCUT2D eigenvalue weighted by Crippen LogP contribution is 2.13. The van der Waals surface area contributed by atoms with Crippen LogP contribution in [0.1, 0.15) is 0 Å². The van der Waals surface area contributed by atoms with Crippen LogP contribution in [0.15, 0.2) is 24.5 Å². The van der Waals surface area contributed by atoms with E-state index >= 15 is 0 Å². The Labute approximate surface area is 75.2 Å². The van der Waals surface area contributed by atoms with Gasteiger partial charge in [0.1, 0.15) is 0 Å². The van der Waals surface area contributed by atoms with Gasteiger partial charge in [-0.2, -0.15) is 4.98 Å². The second kappa shape index (κ2) is 2.85. The molecule has 5 heteroatoms. The van der Waals surface area contributed by atoms with Crippen LogP contribution in [0.25, 0.3) is 11.4 Å². The number of hydrogen-bond donors (Lipinski definition) is 1. The van der Waals surface area contributed by atoms with E-state index in [0.29, 0.717) is 11.8 Å². The maximum Gasteiger partial charge on any atom is 0.218 e. The molecule has 13 heavy (non-hydrogen) atoms. The molecule has 0 amide bonds. The van der Waals surface area contributed by atoms with E-state index in [2.05, 4.69) is 15.1 Å². The number of hydrogen-bond acceptors (Lipinski definition) is 4. The van der Waals surface area contributed by atoms with Gasteiger partial charge in [0.05, 0.1) is 0 Å². The minimum Gasteiger partial charge on any atom is -0.368 e. The van der Waals surface area contributed by atoms with Gasteiger partial charge in [-0.15, -0.1) is 5.10 Å². The summed E-state index contributed by atoms with van der Waals surface area (Å²) >= 11 is 0. The summed E-state index contributed by atoms with van der Waals surface area (Å²) < 4.78 is 1.54. The third-order valence-electron chi connectivity index (χ3n) is 1.74. The van der Waals surface area contributed by atoms with E-state index in [1.807, 2.05) is 12.1 Å². The Morgan fingerprint density at radius 2 is 2.00 bits per heavy atom. The first-order chi connectivity index (χ1) is 6.27. The summed E-state index contributed by atoms with van der Waals surface area (Å²) in [6.45, 7) is 0. The van der Waals surface area contributed by atoms with Gasteiger partial charge < -0.3 is 5.73 Å². The van der Waals surface area contributed by atoms with Crippen LogP contribution in [-0.2, 0) is 7.05 Å². The highest BCUT2D eigenvalue weighted by Gasteiger charge is 2.04. The molecule has 2 aromatic rings. The van der Waals surface area contributed by atoms with Crippen molar-refractivity contribution in [3.05, 3.63) is 24.5 Å². The van der Waals surface area contributed by atoms with Crippen molar-refractivity contribution in [3.63, 3.8) is 0 Å². The van der Waals surface area contributed by atoms with Crippen molar-refractivity contribution in [2.75, 3.05) is 5.73 Å². The summed E-state index contributed by atoms with van der Waals surface area (Å²) in [5.41, 5.74) is 6.47. The van der Waals surface area contributed by atoms with E-state index in [-0.39, 0.29) is 0 Å². The van der Waals surface area contributed by atoms with Crippen molar-refractivity contribution in [2.45, 2.75) is 0 Å². The molecule has 0 atom stereocenters. The van der Waals surface area contributed by atoms with Crippen molar-refractivity contribution in [1.82, 2.24) is 19.7 Å². The van der Waals surface area contributed by atoms with Crippen LogP contribution in [0.4, 0.5) is 5.95 Å². The smallest absolute Gasteiger partial charge is 0.218 e. The molecule has 0 saturated carbocycles. The minimum atomic E-state index is 0.409. The number of nitrogens with two attached hydrogens (primary N) is 1. The number of pyridine rings is 1. The van der Waals surface area contributed by atoms with Crippen molar-refractivity contribution in [3.8, 4) is 11.4 Å². The molecular weight excluding hydrogens is 166 g/mol. The van der Waals surface area contributed by atoms with Crippen molar-refractivity contribution < 1.29 is 0 Å². The van der Waals surface area contributed by atoms with Gasteiger partial charge in [0.2, 0.25) is 5.95 Å². The van der Waals surface area contributed by atoms with E-state index in [1.54, 1.807) is 19.4 Å². The van der Waals surface area contributed by atoms with Crippen LogP contribution in [0.3, 0.4) is 0 Å². The quantitative estimate of drug-likeness (QED) is 0.683. The number of rotatable bonds is 1. The van der Waals surface area contributed by atoms with E-state index in [1.165, 1.54) is 4.68 Å². The SMILES string of the molecule is Cn1nc(-c2ccncc2)nc1N. The van der Waals surface area contributed by atoms with Crippen molar-refractivity contribution in [2.24, 2.45) is 7.05 Å². The molecule has 66 valence electrons. The third kappa shape index (κ3) is 1.35. The summed E-state index contributed by atoms with van der Waals surface area (Å²) in [5.74, 6) is 1.04. The zero-order valence-corrected chi connectivity index (χ0v) is 7.18. The Balaban J connectivity index is 2.48. The molecule has 0 aromatic carbocycles. The molecule has 2 heterocycles. The number of nitrogens with zero attached hydrogens (tertiary/aromatic N) is 4. The lowest BCUT2D eigenvalue weighted by atomic mass is 10.3. The summed E-state index contributed by atoms with van der Waals surface area (Å²) in [6.07, 6.45) is 3.39. The molecule has 0 saturated heterocycles. The fourth-order valence-electron chi connectivity index (χ4n) is 1.02. The second-order valence-corrected chi connectivity index (χ2v) is 2.65. The normalized spacial score (nSPS) is 10.2. The van der Waals surface area contributed by atoms with E-state index < -0.39 is 0 Å². The predicted octanol–water partition coefficient (Wildman–Crippen LogP) is 0.459. The molecule has 0 aliphatic carbocycles. The number of aromatic nitrogens is 4. The van der Waals surface area contributed by atoms with Crippen molar-refractivity contribution >= 4 is 5.95 Å². The van der Waals surface area contributed by atoms with Gasteiger partial charge in [-0.1, -0.05) is 0 Å². The standard InChI is InChI=1S/C8H9N5/c1-13-8(9)11-7(12-13)6-2-4-10-5-3-6/h2-5H,1H3,(H2,9,11,12). The van der Waals surface area contributed by atoms with Crippen molar-refractivity contribution in [1.29, 1.82) is 0 Å². The molecule has 5 nitrogen and oxygen atoms in total. The molecule has 0 bridgehead atoms.